The summed E-state index contributed by atoms with van der Waals surface area (Å²) in [6.45, 7) is 4.04. The Morgan fingerprint density at radius 3 is 2.61 bits per heavy atom. The number of rotatable bonds is 6. The first-order valence-corrected chi connectivity index (χ1v) is 10.1. The van der Waals surface area contributed by atoms with Crippen molar-refractivity contribution < 1.29 is 18.7 Å². The molecule has 1 N–H and O–H groups in total. The number of hydrogen-bond donors (Lipinski definition) is 1. The van der Waals surface area contributed by atoms with Crippen molar-refractivity contribution in [2.75, 3.05) is 19.5 Å². The lowest BCUT2D eigenvalue weighted by atomic mass is 10.1. The standard InChI is InChI=1S/C25H24N2O4/c1-5-16-7-11-22-21(12-16)27-25(31-22)17-8-6-15(2)20(13-17)26-24(28)19-10-9-18(29-3)14-23(19)30-4/h6-14H,5H2,1-4H3,(H,26,28). The van der Waals surface area contributed by atoms with Crippen molar-refractivity contribution in [2.24, 2.45) is 0 Å². The average molecular weight is 416 g/mol. The summed E-state index contributed by atoms with van der Waals surface area (Å²) in [5, 5.41) is 2.97. The third kappa shape index (κ3) is 4.10. The van der Waals surface area contributed by atoms with Crippen LogP contribution >= 0.6 is 0 Å². The number of aryl methyl sites for hydroxylation is 2. The third-order valence-corrected chi connectivity index (χ3v) is 5.25. The first-order valence-electron chi connectivity index (χ1n) is 10.1. The van der Waals surface area contributed by atoms with Crippen LogP contribution in [0.15, 0.2) is 59.0 Å². The summed E-state index contributed by atoms with van der Waals surface area (Å²) in [5.41, 5.74) is 5.58. The second-order valence-electron chi connectivity index (χ2n) is 7.22. The van der Waals surface area contributed by atoms with Crippen molar-refractivity contribution in [1.29, 1.82) is 0 Å². The molecule has 4 rings (SSSR count). The highest BCUT2D eigenvalue weighted by atomic mass is 16.5. The summed E-state index contributed by atoms with van der Waals surface area (Å²) in [4.78, 5) is 17.6. The Morgan fingerprint density at radius 2 is 1.87 bits per heavy atom. The van der Waals surface area contributed by atoms with E-state index in [-0.39, 0.29) is 5.91 Å². The molecule has 158 valence electrons. The van der Waals surface area contributed by atoms with Crippen LogP contribution in [0.3, 0.4) is 0 Å². The predicted molar refractivity (Wildman–Crippen MR) is 121 cm³/mol. The van der Waals surface area contributed by atoms with Crippen LogP contribution < -0.4 is 14.8 Å². The molecule has 0 unspecified atom stereocenters. The van der Waals surface area contributed by atoms with E-state index in [1.807, 2.05) is 43.3 Å². The highest BCUT2D eigenvalue weighted by Crippen LogP contribution is 2.30. The van der Waals surface area contributed by atoms with Gasteiger partial charge in [0, 0.05) is 17.3 Å². The SMILES string of the molecule is CCc1ccc2oc(-c3ccc(C)c(NC(=O)c4ccc(OC)cc4OC)c3)nc2c1. The summed E-state index contributed by atoms with van der Waals surface area (Å²) in [6.07, 6.45) is 0.938. The van der Waals surface area contributed by atoms with Gasteiger partial charge in [0.05, 0.1) is 19.8 Å². The number of nitrogens with one attached hydrogen (secondary N) is 1. The highest BCUT2D eigenvalue weighted by Gasteiger charge is 2.16. The number of carbonyl (C=O) groups excluding carboxylic acids is 1. The van der Waals surface area contributed by atoms with Crippen molar-refractivity contribution in [3.05, 3.63) is 71.3 Å². The summed E-state index contributed by atoms with van der Waals surface area (Å²) in [7, 11) is 3.09. The number of aromatic nitrogens is 1. The van der Waals surface area contributed by atoms with Crippen molar-refractivity contribution in [1.82, 2.24) is 4.98 Å². The molecule has 3 aromatic carbocycles. The van der Waals surface area contributed by atoms with Gasteiger partial charge >= 0.3 is 0 Å². The normalized spacial score (nSPS) is 10.8. The molecule has 1 aromatic heterocycles. The van der Waals surface area contributed by atoms with Gasteiger partial charge in [-0.15, -0.1) is 0 Å². The summed E-state index contributed by atoms with van der Waals surface area (Å²) in [5.74, 6) is 1.30. The van der Waals surface area contributed by atoms with E-state index < -0.39 is 0 Å². The lowest BCUT2D eigenvalue weighted by molar-refractivity contribution is 0.102. The van der Waals surface area contributed by atoms with E-state index in [1.165, 1.54) is 12.7 Å². The Kier molecular flexibility index (Phi) is 5.62. The van der Waals surface area contributed by atoms with Gasteiger partial charge in [-0.3, -0.25) is 4.79 Å². The molecule has 0 atom stereocenters. The van der Waals surface area contributed by atoms with Gasteiger partial charge in [0.2, 0.25) is 5.89 Å². The van der Waals surface area contributed by atoms with Crippen molar-refractivity contribution in [2.45, 2.75) is 20.3 Å². The summed E-state index contributed by atoms with van der Waals surface area (Å²) in [6, 6.07) is 16.8. The molecule has 0 radical (unpaired) electrons. The maximum Gasteiger partial charge on any atom is 0.259 e. The first-order chi connectivity index (χ1) is 15.0. The van der Waals surface area contributed by atoms with E-state index in [2.05, 4.69) is 17.2 Å². The molecule has 6 heteroatoms. The molecule has 0 fully saturated rings. The molecule has 0 bridgehead atoms. The zero-order valence-corrected chi connectivity index (χ0v) is 18.0. The molecule has 6 nitrogen and oxygen atoms in total. The van der Waals surface area contributed by atoms with Crippen LogP contribution in [0.1, 0.15) is 28.4 Å². The van der Waals surface area contributed by atoms with Gasteiger partial charge in [-0.05, 0) is 60.9 Å². The van der Waals surface area contributed by atoms with Gasteiger partial charge in [-0.25, -0.2) is 4.98 Å². The van der Waals surface area contributed by atoms with Crippen molar-refractivity contribution in [3.63, 3.8) is 0 Å². The number of nitrogens with zero attached hydrogens (tertiary/aromatic N) is 1. The van der Waals surface area contributed by atoms with Crippen LogP contribution in [-0.4, -0.2) is 25.1 Å². The van der Waals surface area contributed by atoms with E-state index in [0.29, 0.717) is 28.6 Å². The molecular weight excluding hydrogens is 392 g/mol. The number of benzene rings is 3. The second kappa shape index (κ2) is 8.52. The summed E-state index contributed by atoms with van der Waals surface area (Å²) < 4.78 is 16.5. The quantitative estimate of drug-likeness (QED) is 0.441. The summed E-state index contributed by atoms with van der Waals surface area (Å²) >= 11 is 0. The molecule has 0 aliphatic rings. The number of anilines is 1. The fraction of sp³-hybridized carbons (Fsp3) is 0.200. The van der Waals surface area contributed by atoms with Gasteiger partial charge in [-0.2, -0.15) is 0 Å². The fourth-order valence-electron chi connectivity index (χ4n) is 3.38. The molecule has 0 saturated heterocycles. The minimum Gasteiger partial charge on any atom is -0.497 e. The maximum atomic E-state index is 12.9. The van der Waals surface area contributed by atoms with Crippen LogP contribution in [0.5, 0.6) is 11.5 Å². The molecule has 31 heavy (non-hydrogen) atoms. The average Bonchev–Trinajstić information content (AvgIpc) is 3.23. The largest absolute Gasteiger partial charge is 0.497 e. The maximum absolute atomic E-state index is 12.9. The van der Waals surface area contributed by atoms with E-state index in [4.69, 9.17) is 13.9 Å². The zero-order valence-electron chi connectivity index (χ0n) is 18.0. The third-order valence-electron chi connectivity index (χ3n) is 5.25. The zero-order chi connectivity index (χ0) is 22.0. The topological polar surface area (TPSA) is 73.6 Å². The Bertz CT molecular complexity index is 1260. The Morgan fingerprint density at radius 1 is 1.03 bits per heavy atom. The van der Waals surface area contributed by atoms with Crippen LogP contribution in [-0.2, 0) is 6.42 Å². The number of hydrogen-bond acceptors (Lipinski definition) is 5. The molecule has 0 aliphatic carbocycles. The van der Waals surface area contributed by atoms with Crippen molar-refractivity contribution >= 4 is 22.7 Å². The van der Waals surface area contributed by atoms with Gasteiger partial charge in [0.1, 0.15) is 17.0 Å². The lowest BCUT2D eigenvalue weighted by Crippen LogP contribution is -2.14. The van der Waals surface area contributed by atoms with Crippen LogP contribution in [0.25, 0.3) is 22.6 Å². The number of oxazole rings is 1. The molecule has 1 heterocycles. The van der Waals surface area contributed by atoms with Crippen LogP contribution in [0.2, 0.25) is 0 Å². The fourth-order valence-corrected chi connectivity index (χ4v) is 3.38. The highest BCUT2D eigenvalue weighted by molar-refractivity contribution is 6.07. The number of carbonyl (C=O) groups is 1. The van der Waals surface area contributed by atoms with E-state index in [9.17, 15) is 4.79 Å². The van der Waals surface area contributed by atoms with E-state index in [1.54, 1.807) is 25.3 Å². The number of amides is 1. The van der Waals surface area contributed by atoms with Gasteiger partial charge in [0.15, 0.2) is 5.58 Å². The number of methoxy groups -OCH3 is 2. The minimum atomic E-state index is -0.273. The number of fused-ring (bicyclic) bond motifs is 1. The van der Waals surface area contributed by atoms with Crippen LogP contribution in [0, 0.1) is 6.92 Å². The molecular formula is C25H24N2O4. The molecule has 0 spiro atoms. The Labute approximate surface area is 180 Å². The van der Waals surface area contributed by atoms with Gasteiger partial charge in [0.25, 0.3) is 5.91 Å². The monoisotopic (exact) mass is 416 g/mol. The minimum absolute atomic E-state index is 0.273. The number of ether oxygens (including phenoxy) is 2. The van der Waals surface area contributed by atoms with E-state index >= 15 is 0 Å². The van der Waals surface area contributed by atoms with E-state index in [0.717, 1.165) is 28.6 Å². The smallest absolute Gasteiger partial charge is 0.259 e. The molecule has 0 saturated carbocycles. The van der Waals surface area contributed by atoms with Gasteiger partial charge in [-0.1, -0.05) is 19.1 Å². The first kappa shape index (κ1) is 20.5. The second-order valence-corrected chi connectivity index (χ2v) is 7.22. The van der Waals surface area contributed by atoms with Crippen molar-refractivity contribution in [3.8, 4) is 23.0 Å². The molecule has 4 aromatic rings. The van der Waals surface area contributed by atoms with Crippen LogP contribution in [0.4, 0.5) is 5.69 Å². The van der Waals surface area contributed by atoms with Gasteiger partial charge < -0.3 is 19.2 Å². The lowest BCUT2D eigenvalue weighted by Gasteiger charge is -2.13. The predicted octanol–water partition coefficient (Wildman–Crippen LogP) is 5.64. The molecule has 0 aliphatic heterocycles. The molecule has 1 amide bonds. The Hall–Kier alpha value is -3.80. The Balaban J connectivity index is 1.65.